The molecule has 1 fully saturated rings. The summed E-state index contributed by atoms with van der Waals surface area (Å²) in [5, 5.41) is 12.3. The normalized spacial score (nSPS) is 13.5. The summed E-state index contributed by atoms with van der Waals surface area (Å²) in [7, 11) is 7.33. The molecule has 8 nitrogen and oxygen atoms in total. The zero-order chi connectivity index (χ0) is 20.7. The largest absolute Gasteiger partial charge is 0.472 e. The summed E-state index contributed by atoms with van der Waals surface area (Å²) in [6.45, 7) is 0.282. The van der Waals surface area contributed by atoms with Gasteiger partial charge in [-0.25, -0.2) is 9.48 Å². The molecule has 0 bridgehead atoms. The number of hydrogen-bond donors (Lipinski definition) is 0. The van der Waals surface area contributed by atoms with E-state index < -0.39 is 0 Å². The topological polar surface area (TPSA) is 79.8 Å². The summed E-state index contributed by atoms with van der Waals surface area (Å²) in [5.74, 6) is 0.984. The molecule has 0 aliphatic heterocycles. The molecule has 0 N–H and O–H groups in total. The lowest BCUT2D eigenvalue weighted by molar-refractivity contribution is 0.290. The molecule has 2 radical (unpaired) electrons. The third-order valence-corrected chi connectivity index (χ3v) is 5.24. The van der Waals surface area contributed by atoms with Crippen LogP contribution >= 0.6 is 0 Å². The van der Waals surface area contributed by atoms with Crippen molar-refractivity contribution in [3.05, 3.63) is 76.3 Å². The predicted octanol–water partition coefficient (Wildman–Crippen LogP) is 1.40. The Balaban J connectivity index is 1.44. The van der Waals surface area contributed by atoms with Gasteiger partial charge in [-0.1, -0.05) is 29.7 Å². The van der Waals surface area contributed by atoms with Crippen LogP contribution in [0.25, 0.3) is 11.4 Å². The molecule has 9 heteroatoms. The summed E-state index contributed by atoms with van der Waals surface area (Å²) in [6, 6.07) is 15.2. The van der Waals surface area contributed by atoms with Gasteiger partial charge in [0, 0.05) is 24.9 Å². The molecule has 5 rings (SSSR count). The quantitative estimate of drug-likeness (QED) is 0.459. The number of nitrogens with zero attached hydrogens (tertiary/aromatic N) is 6. The summed E-state index contributed by atoms with van der Waals surface area (Å²) < 4.78 is 10.3. The molecule has 30 heavy (non-hydrogen) atoms. The van der Waals surface area contributed by atoms with Crippen LogP contribution in [0.5, 0.6) is 5.88 Å². The molecule has 4 aromatic rings. The van der Waals surface area contributed by atoms with E-state index in [0.29, 0.717) is 22.9 Å². The third-order valence-electron chi connectivity index (χ3n) is 5.24. The Kier molecular flexibility index (Phi) is 4.50. The number of aryl methyl sites for hydroxylation is 1. The second-order valence-corrected chi connectivity index (χ2v) is 7.39. The number of rotatable bonds is 6. The van der Waals surface area contributed by atoms with Crippen LogP contribution in [-0.4, -0.2) is 37.4 Å². The Morgan fingerprint density at radius 3 is 2.60 bits per heavy atom. The lowest BCUT2D eigenvalue weighted by atomic mass is 9.96. The maximum atomic E-state index is 12.4. The van der Waals surface area contributed by atoms with Gasteiger partial charge in [-0.15, -0.1) is 5.10 Å². The SMILES string of the molecule is [B]c1ccc(-n2ccc(OCc3c(C4CC4)cccc3-n3nnn(C)c3=O)n2)cc1. The fourth-order valence-electron chi connectivity index (χ4n) is 3.49. The van der Waals surface area contributed by atoms with Crippen molar-refractivity contribution >= 4 is 13.3 Å². The molecule has 1 aliphatic rings. The zero-order valence-corrected chi connectivity index (χ0v) is 16.5. The number of benzene rings is 2. The number of tetrazole rings is 1. The van der Waals surface area contributed by atoms with Gasteiger partial charge in [-0.2, -0.15) is 9.36 Å². The van der Waals surface area contributed by atoms with Gasteiger partial charge in [-0.05, 0) is 52.9 Å². The van der Waals surface area contributed by atoms with E-state index in [4.69, 9.17) is 12.6 Å². The maximum absolute atomic E-state index is 12.4. The highest BCUT2D eigenvalue weighted by atomic mass is 16.5. The Bertz CT molecular complexity index is 1250. The van der Waals surface area contributed by atoms with Crippen molar-refractivity contribution in [2.24, 2.45) is 7.05 Å². The minimum absolute atomic E-state index is 0.282. The molecule has 0 spiro atoms. The average Bonchev–Trinajstić information content (AvgIpc) is 3.41. The predicted molar refractivity (Wildman–Crippen MR) is 112 cm³/mol. The van der Waals surface area contributed by atoms with Crippen LogP contribution in [0.1, 0.15) is 29.9 Å². The first kappa shape index (κ1) is 18.4. The standard InChI is InChI=1S/C21H19BN6O2/c1-26-21(29)28(25-24-26)19-4-2-3-17(14-5-6-14)18(19)13-30-20-11-12-27(23-20)16-9-7-15(22)8-10-16/h2-4,7-12,14H,5-6,13H2,1H3. The molecule has 0 amide bonds. The molecule has 2 heterocycles. The molecule has 2 aromatic heterocycles. The van der Waals surface area contributed by atoms with E-state index in [1.807, 2.05) is 48.7 Å². The van der Waals surface area contributed by atoms with Gasteiger partial charge in [-0.3, -0.25) is 0 Å². The monoisotopic (exact) mass is 398 g/mol. The maximum Gasteiger partial charge on any atom is 0.368 e. The number of ether oxygens (including phenoxy) is 1. The molecule has 148 valence electrons. The molecular formula is C21H19BN6O2. The van der Waals surface area contributed by atoms with Gasteiger partial charge in [0.2, 0.25) is 5.88 Å². The Hall–Kier alpha value is -3.62. The highest BCUT2D eigenvalue weighted by Crippen LogP contribution is 2.43. The van der Waals surface area contributed by atoms with Crippen LogP contribution in [-0.2, 0) is 13.7 Å². The van der Waals surface area contributed by atoms with E-state index in [-0.39, 0.29) is 12.3 Å². The summed E-state index contributed by atoms with van der Waals surface area (Å²) >= 11 is 0. The molecule has 0 saturated heterocycles. The highest BCUT2D eigenvalue weighted by molar-refractivity contribution is 6.32. The van der Waals surface area contributed by atoms with E-state index in [1.54, 1.807) is 11.7 Å². The van der Waals surface area contributed by atoms with Gasteiger partial charge in [0.15, 0.2) is 0 Å². The Morgan fingerprint density at radius 1 is 1.10 bits per heavy atom. The molecule has 2 aromatic carbocycles. The first-order chi connectivity index (χ1) is 14.6. The van der Waals surface area contributed by atoms with Gasteiger partial charge in [0.25, 0.3) is 0 Å². The van der Waals surface area contributed by atoms with Crippen LogP contribution in [0.15, 0.2) is 59.5 Å². The first-order valence-corrected chi connectivity index (χ1v) is 9.76. The average molecular weight is 398 g/mol. The highest BCUT2D eigenvalue weighted by Gasteiger charge is 2.28. The van der Waals surface area contributed by atoms with Crippen molar-refractivity contribution in [2.45, 2.75) is 25.4 Å². The smallest absolute Gasteiger partial charge is 0.368 e. The summed E-state index contributed by atoms with van der Waals surface area (Å²) in [5.41, 5.74) is 4.11. The second-order valence-electron chi connectivity index (χ2n) is 7.39. The van der Waals surface area contributed by atoms with Crippen molar-refractivity contribution in [1.29, 1.82) is 0 Å². The lowest BCUT2D eigenvalue weighted by Crippen LogP contribution is -2.23. The van der Waals surface area contributed by atoms with Crippen molar-refractivity contribution in [3.8, 4) is 17.3 Å². The second kappa shape index (κ2) is 7.33. The summed E-state index contributed by atoms with van der Waals surface area (Å²) in [4.78, 5) is 12.4. The molecule has 1 saturated carbocycles. The fourth-order valence-corrected chi connectivity index (χ4v) is 3.49. The molecule has 0 atom stereocenters. The molecular weight excluding hydrogens is 379 g/mol. The summed E-state index contributed by atoms with van der Waals surface area (Å²) in [6.07, 6.45) is 4.11. The minimum Gasteiger partial charge on any atom is -0.472 e. The Morgan fingerprint density at radius 2 is 1.90 bits per heavy atom. The third kappa shape index (κ3) is 3.43. The van der Waals surface area contributed by atoms with Gasteiger partial charge >= 0.3 is 5.69 Å². The van der Waals surface area contributed by atoms with Gasteiger partial charge < -0.3 is 4.74 Å². The zero-order valence-electron chi connectivity index (χ0n) is 16.5. The van der Waals surface area contributed by atoms with Crippen molar-refractivity contribution in [2.75, 3.05) is 0 Å². The van der Waals surface area contributed by atoms with Crippen LogP contribution in [0.3, 0.4) is 0 Å². The van der Waals surface area contributed by atoms with Crippen molar-refractivity contribution in [1.82, 2.24) is 29.6 Å². The lowest BCUT2D eigenvalue weighted by Gasteiger charge is -2.14. The molecule has 0 unspecified atom stereocenters. The van der Waals surface area contributed by atoms with Gasteiger partial charge in [0.1, 0.15) is 14.5 Å². The van der Waals surface area contributed by atoms with E-state index in [0.717, 1.165) is 24.1 Å². The van der Waals surface area contributed by atoms with Crippen LogP contribution in [0.2, 0.25) is 0 Å². The van der Waals surface area contributed by atoms with Crippen molar-refractivity contribution in [3.63, 3.8) is 0 Å². The van der Waals surface area contributed by atoms with Crippen LogP contribution in [0.4, 0.5) is 0 Å². The minimum atomic E-state index is -0.295. The fraction of sp³-hybridized carbons (Fsp3) is 0.238. The first-order valence-electron chi connectivity index (χ1n) is 9.76. The van der Waals surface area contributed by atoms with Crippen LogP contribution < -0.4 is 15.9 Å². The van der Waals surface area contributed by atoms with Crippen LogP contribution in [0, 0.1) is 0 Å². The van der Waals surface area contributed by atoms with Crippen molar-refractivity contribution < 1.29 is 4.74 Å². The Labute approximate surface area is 174 Å². The van der Waals surface area contributed by atoms with Gasteiger partial charge in [0.05, 0.1) is 11.4 Å². The van der Waals surface area contributed by atoms with E-state index in [2.05, 4.69) is 21.6 Å². The van der Waals surface area contributed by atoms with E-state index in [1.165, 1.54) is 14.9 Å². The molecule has 1 aliphatic carbocycles. The number of hydrogen-bond acceptors (Lipinski definition) is 5. The van der Waals surface area contributed by atoms with E-state index in [9.17, 15) is 4.79 Å². The number of aromatic nitrogens is 6. The van der Waals surface area contributed by atoms with E-state index >= 15 is 0 Å².